The predicted octanol–water partition coefficient (Wildman–Crippen LogP) is 0.944. The molecule has 78 valence electrons. The van der Waals surface area contributed by atoms with Gasteiger partial charge in [-0.05, 0) is 6.92 Å². The molecule has 0 aliphatic carbocycles. The minimum absolute atomic E-state index is 0.0623. The molecule has 0 radical (unpaired) electrons. The monoisotopic (exact) mass is 217 g/mol. The number of rotatable bonds is 2. The molecule has 1 aliphatic rings. The molecule has 0 aromatic rings. The number of esters is 1. The second kappa shape index (κ2) is 3.83. The average molecular weight is 217 g/mol. The van der Waals surface area contributed by atoms with Crippen LogP contribution in [0.2, 0.25) is 0 Å². The summed E-state index contributed by atoms with van der Waals surface area (Å²) in [5, 5.41) is 10.4. The summed E-state index contributed by atoms with van der Waals surface area (Å²) in [6.45, 7) is 1.87. The third-order valence-corrected chi connectivity index (χ3v) is 2.68. The normalized spacial score (nSPS) is 25.9. The van der Waals surface area contributed by atoms with E-state index in [0.29, 0.717) is 0 Å². The lowest BCUT2D eigenvalue weighted by Gasteiger charge is -2.09. The van der Waals surface area contributed by atoms with Gasteiger partial charge in [-0.25, -0.2) is 13.4 Å². The van der Waals surface area contributed by atoms with E-state index in [1.165, 1.54) is 6.26 Å². The lowest BCUT2D eigenvalue weighted by atomic mass is 10.2. The molecule has 0 saturated heterocycles. The first-order chi connectivity index (χ1) is 6.46. The molecule has 1 heterocycles. The lowest BCUT2D eigenvalue weighted by molar-refractivity contribution is -0.138. The fourth-order valence-corrected chi connectivity index (χ4v) is 1.81. The molecule has 0 aromatic carbocycles. The number of ether oxygens (including phenoxy) is 1. The molecule has 0 spiro atoms. The van der Waals surface area contributed by atoms with Crippen LogP contribution in [0.4, 0.5) is 0 Å². The molecule has 0 saturated carbocycles. The van der Waals surface area contributed by atoms with Crippen LogP contribution in [0.15, 0.2) is 27.3 Å². The maximum atomic E-state index is 11.3. The number of carbonyl (C=O) groups excluding carboxylic acids is 1. The second-order valence-corrected chi connectivity index (χ2v) is 4.90. The Bertz CT molecular complexity index is 427. The van der Waals surface area contributed by atoms with E-state index in [4.69, 9.17) is 0 Å². The van der Waals surface area contributed by atoms with E-state index in [1.54, 1.807) is 6.92 Å². The summed E-state index contributed by atoms with van der Waals surface area (Å²) in [6, 6.07) is 0. The molecule has 1 aliphatic heterocycles. The third kappa shape index (κ3) is 2.35. The largest absolute Gasteiger partial charge is 0.506 e. The number of hydrogen-bond acceptors (Lipinski definition) is 5. The number of aliphatic hydroxyl groups is 1. The van der Waals surface area contributed by atoms with Gasteiger partial charge >= 0.3 is 5.97 Å². The number of aliphatic hydroxyl groups excluding tert-OH is 1. The summed E-state index contributed by atoms with van der Waals surface area (Å²) >= 11 is 0. The van der Waals surface area contributed by atoms with Crippen molar-refractivity contribution >= 4 is 15.7 Å². The van der Waals surface area contributed by atoms with Gasteiger partial charge in [0.2, 0.25) is 0 Å². The highest BCUT2D eigenvalue weighted by atomic mass is 32.2. The van der Waals surface area contributed by atoms with Crippen LogP contribution >= 0.6 is 0 Å². The van der Waals surface area contributed by atoms with Gasteiger partial charge in [0.15, 0.2) is 0 Å². The number of hydrogen-bond donors (Lipinski definition) is 1. The van der Waals surface area contributed by atoms with Crippen molar-refractivity contribution in [2.24, 2.45) is 4.36 Å². The van der Waals surface area contributed by atoms with E-state index in [2.05, 4.69) is 9.10 Å². The van der Waals surface area contributed by atoms with Crippen LogP contribution in [0.5, 0.6) is 0 Å². The molecular formula is C8H11NO4S. The predicted molar refractivity (Wildman–Crippen MR) is 51.9 cm³/mol. The summed E-state index contributed by atoms with van der Waals surface area (Å²) in [5.41, 5.74) is -0.0623. The van der Waals surface area contributed by atoms with Crippen molar-refractivity contribution in [3.05, 3.63) is 22.9 Å². The minimum atomic E-state index is -2.53. The fourth-order valence-electron chi connectivity index (χ4n) is 0.891. The Morgan fingerprint density at radius 1 is 1.71 bits per heavy atom. The van der Waals surface area contributed by atoms with E-state index in [9.17, 15) is 14.1 Å². The maximum absolute atomic E-state index is 11.3. The summed E-state index contributed by atoms with van der Waals surface area (Å²) in [4.78, 5) is 11.2. The van der Waals surface area contributed by atoms with Crippen LogP contribution in [0.1, 0.15) is 6.92 Å². The molecular weight excluding hydrogens is 206 g/mol. The van der Waals surface area contributed by atoms with E-state index in [0.717, 1.165) is 11.6 Å². The van der Waals surface area contributed by atoms with Gasteiger partial charge < -0.3 is 9.84 Å². The van der Waals surface area contributed by atoms with Gasteiger partial charge in [-0.1, -0.05) is 0 Å². The van der Waals surface area contributed by atoms with E-state index < -0.39 is 15.7 Å². The van der Waals surface area contributed by atoms with Crippen LogP contribution in [0.3, 0.4) is 0 Å². The van der Waals surface area contributed by atoms with Crippen LogP contribution in [-0.4, -0.2) is 28.1 Å². The van der Waals surface area contributed by atoms with Crippen LogP contribution in [-0.2, 0) is 19.3 Å². The SMILES string of the molecule is CCOC(=O)C1=CN=[S@](C)(=O)C=C1O. The van der Waals surface area contributed by atoms with E-state index in [1.807, 2.05) is 0 Å². The van der Waals surface area contributed by atoms with Crippen molar-refractivity contribution in [1.29, 1.82) is 0 Å². The topological polar surface area (TPSA) is 76.0 Å². The third-order valence-electron chi connectivity index (χ3n) is 1.49. The van der Waals surface area contributed by atoms with Crippen molar-refractivity contribution in [2.45, 2.75) is 6.92 Å². The molecule has 6 heteroatoms. The zero-order valence-corrected chi connectivity index (χ0v) is 8.71. The van der Waals surface area contributed by atoms with Crippen LogP contribution in [0, 0.1) is 0 Å². The Kier molecular flexibility index (Phi) is 2.95. The number of carbonyl (C=O) groups is 1. The van der Waals surface area contributed by atoms with Crippen LogP contribution in [0.25, 0.3) is 0 Å². The van der Waals surface area contributed by atoms with Gasteiger partial charge in [0.25, 0.3) is 0 Å². The molecule has 1 atom stereocenters. The molecule has 14 heavy (non-hydrogen) atoms. The van der Waals surface area contributed by atoms with Crippen molar-refractivity contribution in [1.82, 2.24) is 0 Å². The summed E-state index contributed by atoms with van der Waals surface area (Å²) in [6.07, 6.45) is 2.44. The Morgan fingerprint density at radius 3 is 2.86 bits per heavy atom. The summed E-state index contributed by atoms with van der Waals surface area (Å²) in [7, 11) is -2.53. The van der Waals surface area contributed by atoms with Crippen molar-refractivity contribution in [3.63, 3.8) is 0 Å². The summed E-state index contributed by atoms with van der Waals surface area (Å²) in [5.74, 6) is -1.01. The van der Waals surface area contributed by atoms with Gasteiger partial charge in [0.05, 0.1) is 27.9 Å². The Balaban J connectivity index is 3.02. The highest BCUT2D eigenvalue weighted by molar-refractivity contribution is 7.95. The van der Waals surface area contributed by atoms with Gasteiger partial charge in [-0.3, -0.25) is 0 Å². The highest BCUT2D eigenvalue weighted by Gasteiger charge is 2.19. The Morgan fingerprint density at radius 2 is 2.36 bits per heavy atom. The van der Waals surface area contributed by atoms with E-state index >= 15 is 0 Å². The van der Waals surface area contributed by atoms with Gasteiger partial charge in [-0.15, -0.1) is 0 Å². The zero-order valence-electron chi connectivity index (χ0n) is 7.89. The Labute approximate surface area is 82.3 Å². The molecule has 0 fully saturated rings. The van der Waals surface area contributed by atoms with Crippen molar-refractivity contribution in [2.75, 3.05) is 12.9 Å². The smallest absolute Gasteiger partial charge is 0.343 e. The highest BCUT2D eigenvalue weighted by Crippen LogP contribution is 2.16. The molecule has 1 N–H and O–H groups in total. The van der Waals surface area contributed by atoms with Crippen molar-refractivity contribution < 1.29 is 18.8 Å². The number of nitrogens with zero attached hydrogens (tertiary/aromatic N) is 1. The first kappa shape index (κ1) is 10.8. The van der Waals surface area contributed by atoms with Crippen molar-refractivity contribution in [3.8, 4) is 0 Å². The zero-order chi connectivity index (χ0) is 10.8. The molecule has 1 rings (SSSR count). The molecule has 0 aromatic heterocycles. The van der Waals surface area contributed by atoms with Gasteiger partial charge in [0, 0.05) is 6.26 Å². The summed E-state index contributed by atoms with van der Waals surface area (Å²) < 4.78 is 19.6. The first-order valence-corrected chi connectivity index (χ1v) is 5.94. The Hall–Kier alpha value is -1.30. The lowest BCUT2D eigenvalue weighted by Crippen LogP contribution is -2.12. The standard InChI is InChI=1S/C8H11NO4S/c1-3-13-8(11)6-4-9-14(2,12)5-7(6)10/h4-5,10H,3H2,1-2H3/t14-/m1/s1. The van der Waals surface area contributed by atoms with Gasteiger partial charge in [-0.2, -0.15) is 0 Å². The molecule has 0 bridgehead atoms. The fraction of sp³-hybridized carbons (Fsp3) is 0.375. The minimum Gasteiger partial charge on any atom is -0.506 e. The maximum Gasteiger partial charge on any atom is 0.343 e. The van der Waals surface area contributed by atoms with E-state index in [-0.39, 0.29) is 17.9 Å². The van der Waals surface area contributed by atoms with Gasteiger partial charge in [0.1, 0.15) is 11.3 Å². The van der Waals surface area contributed by atoms with Crippen LogP contribution < -0.4 is 0 Å². The average Bonchev–Trinajstić information content (AvgIpc) is 2.02. The first-order valence-electron chi connectivity index (χ1n) is 3.96. The molecule has 5 nitrogen and oxygen atoms in total. The quantitative estimate of drug-likeness (QED) is 0.698. The second-order valence-electron chi connectivity index (χ2n) is 2.73. The molecule has 0 amide bonds. The molecule has 0 unspecified atom stereocenters.